The van der Waals surface area contributed by atoms with Crippen molar-refractivity contribution in [3.63, 3.8) is 0 Å². The van der Waals surface area contributed by atoms with Crippen molar-refractivity contribution in [3.8, 4) is 22.9 Å². The Balaban J connectivity index is 1.18. The number of nitrogens with one attached hydrogen (secondary N) is 1. The van der Waals surface area contributed by atoms with Gasteiger partial charge in [-0.3, -0.25) is 4.79 Å². The first-order chi connectivity index (χ1) is 21.7. The highest BCUT2D eigenvalue weighted by Crippen LogP contribution is 2.43. The number of ether oxygens (including phenoxy) is 3. The summed E-state index contributed by atoms with van der Waals surface area (Å²) in [6.45, 7) is 6.96. The van der Waals surface area contributed by atoms with Crippen LogP contribution in [0.1, 0.15) is 45.8 Å². The summed E-state index contributed by atoms with van der Waals surface area (Å²) in [4.78, 5) is 12.7. The average molecular weight is 756 g/mol. The molecular weight excluding hydrogens is 726 g/mol. The van der Waals surface area contributed by atoms with Crippen LogP contribution < -0.4 is 19.6 Å². The molecule has 0 saturated heterocycles. The van der Waals surface area contributed by atoms with E-state index in [-0.39, 0.29) is 12.4 Å². The van der Waals surface area contributed by atoms with E-state index in [1.807, 2.05) is 55.5 Å². The third kappa shape index (κ3) is 8.00. The molecule has 8 nitrogen and oxygen atoms in total. The molecule has 232 valence electrons. The number of halogens is 3. The lowest BCUT2D eigenvalue weighted by Gasteiger charge is -2.16. The minimum atomic E-state index is -0.498. The number of nitrogens with zero attached hydrogens (tertiary/aromatic N) is 2. The fourth-order valence-corrected chi connectivity index (χ4v) is 5.61. The van der Waals surface area contributed by atoms with Crippen LogP contribution in [-0.4, -0.2) is 23.3 Å². The van der Waals surface area contributed by atoms with Crippen molar-refractivity contribution in [1.29, 1.82) is 0 Å². The number of hydrazone groups is 1. The van der Waals surface area contributed by atoms with Gasteiger partial charge in [0.05, 0.1) is 17.3 Å². The summed E-state index contributed by atoms with van der Waals surface area (Å²) in [6, 6.07) is 24.5. The van der Waals surface area contributed by atoms with Gasteiger partial charge in [0.25, 0.3) is 0 Å². The van der Waals surface area contributed by atoms with Crippen molar-refractivity contribution >= 4 is 55.6 Å². The molecule has 1 N–H and O–H groups in total. The highest BCUT2D eigenvalue weighted by molar-refractivity contribution is 9.13. The zero-order valence-electron chi connectivity index (χ0n) is 24.8. The highest BCUT2D eigenvalue weighted by Gasteiger charge is 2.18. The lowest BCUT2D eigenvalue weighted by molar-refractivity contribution is 0.0923. The minimum Gasteiger partial charge on any atom is -0.490 e. The largest absolute Gasteiger partial charge is 0.490 e. The summed E-state index contributed by atoms with van der Waals surface area (Å²) in [5, 5.41) is 4.78. The molecule has 0 fully saturated rings. The van der Waals surface area contributed by atoms with Gasteiger partial charge in [0, 0.05) is 32.1 Å². The number of amides is 1. The number of benzene rings is 3. The first-order valence-corrected chi connectivity index (χ1v) is 16.0. The number of carbonyl (C=O) groups is 1. The van der Waals surface area contributed by atoms with E-state index in [0.29, 0.717) is 55.8 Å². The Labute approximate surface area is 283 Å². The molecule has 0 radical (unpaired) electrons. The predicted molar refractivity (Wildman–Crippen MR) is 182 cm³/mol. The Hall–Kier alpha value is -3.99. The molecule has 0 saturated carbocycles. The van der Waals surface area contributed by atoms with Gasteiger partial charge in [-0.05, 0) is 125 Å². The van der Waals surface area contributed by atoms with Crippen molar-refractivity contribution < 1.29 is 23.4 Å². The topological polar surface area (TPSA) is 87.2 Å². The van der Waals surface area contributed by atoms with E-state index >= 15 is 0 Å². The summed E-state index contributed by atoms with van der Waals surface area (Å²) >= 11 is 13.2. The maximum Gasteiger partial charge on any atom is 0.307 e. The number of aryl methyl sites for hydroxylation is 2. The molecule has 0 spiro atoms. The minimum absolute atomic E-state index is 0.112. The molecule has 11 heteroatoms. The molecule has 0 aliphatic rings. The number of aromatic nitrogens is 1. The summed E-state index contributed by atoms with van der Waals surface area (Å²) in [5.41, 5.74) is 7.51. The van der Waals surface area contributed by atoms with Crippen LogP contribution in [0.2, 0.25) is 5.02 Å². The molecule has 2 heterocycles. The maximum atomic E-state index is 12.7. The quantitative estimate of drug-likeness (QED) is 0.101. The van der Waals surface area contributed by atoms with Crippen LogP contribution in [0.15, 0.2) is 97.3 Å². The lowest BCUT2D eigenvalue weighted by atomic mass is 10.2. The predicted octanol–water partition coefficient (Wildman–Crippen LogP) is 9.19. The SMILES string of the molecule is CCOc1cc(/C=N/NC(=O)c2ccc(COc3ccc(-n4c(C)ccc4C)cc3)o2)c(Br)c(Br)c1OCc1ccc(Cl)cc1. The second kappa shape index (κ2) is 14.9. The number of hydrogen-bond acceptors (Lipinski definition) is 6. The average Bonchev–Trinajstić information content (AvgIpc) is 3.65. The Morgan fingerprint density at radius 2 is 1.62 bits per heavy atom. The van der Waals surface area contributed by atoms with Crippen LogP contribution in [0, 0.1) is 13.8 Å². The Kier molecular flexibility index (Phi) is 10.7. The van der Waals surface area contributed by atoms with Crippen LogP contribution in [0.25, 0.3) is 5.69 Å². The molecule has 0 bridgehead atoms. The van der Waals surface area contributed by atoms with E-state index in [1.165, 1.54) is 6.21 Å². The van der Waals surface area contributed by atoms with Crippen molar-refractivity contribution in [2.75, 3.05) is 6.61 Å². The third-order valence-corrected chi connectivity index (χ3v) is 9.15. The van der Waals surface area contributed by atoms with E-state index in [0.717, 1.165) is 22.6 Å². The fourth-order valence-electron chi connectivity index (χ4n) is 4.55. The van der Waals surface area contributed by atoms with Gasteiger partial charge in [-0.1, -0.05) is 23.7 Å². The van der Waals surface area contributed by atoms with Gasteiger partial charge >= 0.3 is 5.91 Å². The van der Waals surface area contributed by atoms with Crippen LogP contribution in [0.4, 0.5) is 0 Å². The monoisotopic (exact) mass is 753 g/mol. The molecule has 0 aliphatic heterocycles. The maximum absolute atomic E-state index is 12.7. The summed E-state index contributed by atoms with van der Waals surface area (Å²) in [6.07, 6.45) is 1.51. The molecule has 5 aromatic rings. The second-order valence-electron chi connectivity index (χ2n) is 9.97. The van der Waals surface area contributed by atoms with E-state index < -0.39 is 5.91 Å². The lowest BCUT2D eigenvalue weighted by Crippen LogP contribution is -2.16. The van der Waals surface area contributed by atoms with E-state index in [9.17, 15) is 4.79 Å². The van der Waals surface area contributed by atoms with Crippen molar-refractivity contribution in [2.45, 2.75) is 34.0 Å². The standard InChI is InChI=1S/C34H30Br2ClN3O5/c1-4-42-30-17-24(31(35)32(36)33(30)44-19-23-7-9-25(37)10-8-23)18-38-39-34(41)29-16-15-28(45-29)20-43-27-13-11-26(12-14-27)40-21(2)5-6-22(40)3/h5-18H,4,19-20H2,1-3H3,(H,39,41)/b38-18+. The third-order valence-electron chi connectivity index (χ3n) is 6.75. The van der Waals surface area contributed by atoms with Gasteiger partial charge in [-0.25, -0.2) is 5.43 Å². The van der Waals surface area contributed by atoms with Gasteiger partial charge in [-0.15, -0.1) is 0 Å². The number of hydrogen-bond donors (Lipinski definition) is 1. The van der Waals surface area contributed by atoms with Gasteiger partial charge in [0.15, 0.2) is 17.3 Å². The molecule has 3 aromatic carbocycles. The second-order valence-corrected chi connectivity index (χ2v) is 12.0. The van der Waals surface area contributed by atoms with Crippen molar-refractivity contribution in [3.05, 3.63) is 127 Å². The highest BCUT2D eigenvalue weighted by atomic mass is 79.9. The normalized spacial score (nSPS) is 11.2. The molecular formula is C34H30Br2ClN3O5. The number of furan rings is 1. The molecule has 0 atom stereocenters. The molecule has 2 aromatic heterocycles. The summed E-state index contributed by atoms with van der Waals surface area (Å²) < 4.78 is 27.0. The Morgan fingerprint density at radius 3 is 2.31 bits per heavy atom. The fraction of sp³-hybridized carbons (Fsp3) is 0.176. The van der Waals surface area contributed by atoms with Crippen LogP contribution in [0.5, 0.6) is 17.2 Å². The Bertz CT molecular complexity index is 1800. The van der Waals surface area contributed by atoms with E-state index in [2.05, 4.69) is 72.9 Å². The van der Waals surface area contributed by atoms with Gasteiger partial charge in [-0.2, -0.15) is 5.10 Å². The molecule has 0 unspecified atom stereocenters. The Morgan fingerprint density at radius 1 is 0.911 bits per heavy atom. The van der Waals surface area contributed by atoms with Crippen LogP contribution in [0.3, 0.4) is 0 Å². The van der Waals surface area contributed by atoms with E-state index in [1.54, 1.807) is 18.2 Å². The summed E-state index contributed by atoms with van der Waals surface area (Å²) in [7, 11) is 0. The molecule has 45 heavy (non-hydrogen) atoms. The van der Waals surface area contributed by atoms with Gasteiger partial charge < -0.3 is 23.2 Å². The zero-order valence-corrected chi connectivity index (χ0v) is 28.7. The molecule has 5 rings (SSSR count). The van der Waals surface area contributed by atoms with Crippen molar-refractivity contribution in [2.24, 2.45) is 5.10 Å². The smallest absolute Gasteiger partial charge is 0.307 e. The first-order valence-electron chi connectivity index (χ1n) is 14.1. The van der Waals surface area contributed by atoms with Crippen LogP contribution in [-0.2, 0) is 13.2 Å². The van der Waals surface area contributed by atoms with Crippen LogP contribution >= 0.6 is 43.5 Å². The molecule has 1 amide bonds. The number of carbonyl (C=O) groups excluding carboxylic acids is 1. The van der Waals surface area contributed by atoms with Gasteiger partial charge in [0.2, 0.25) is 0 Å². The molecule has 0 aliphatic carbocycles. The van der Waals surface area contributed by atoms with E-state index in [4.69, 9.17) is 30.2 Å². The zero-order chi connectivity index (χ0) is 31.9. The van der Waals surface area contributed by atoms with Gasteiger partial charge in [0.1, 0.15) is 24.7 Å². The first kappa shape index (κ1) is 32.4. The van der Waals surface area contributed by atoms with Crippen molar-refractivity contribution in [1.82, 2.24) is 9.99 Å². The number of rotatable bonds is 12. The summed E-state index contributed by atoms with van der Waals surface area (Å²) in [5.74, 6) is 1.87.